The number of hydrogen-bond donors (Lipinski definition) is 1. The zero-order valence-electron chi connectivity index (χ0n) is 8.85. The Hall–Kier alpha value is -2.06. The van der Waals surface area contributed by atoms with Gasteiger partial charge in [0.25, 0.3) is 0 Å². The molecule has 2 aromatic rings. The van der Waals surface area contributed by atoms with Crippen LogP contribution in [0.3, 0.4) is 0 Å². The minimum Gasteiger partial charge on any atom is -0.383 e. The number of nitrogens with one attached hydrogen (secondary N) is 1. The van der Waals surface area contributed by atoms with E-state index in [0.29, 0.717) is 29.4 Å². The maximum Gasteiger partial charge on any atom is 0.228 e. The molecule has 1 N–H and O–H groups in total. The highest BCUT2D eigenvalue weighted by atomic mass is 35.5. The van der Waals surface area contributed by atoms with Crippen LogP contribution in [0.2, 0.25) is 5.02 Å². The highest BCUT2D eigenvalue weighted by molar-refractivity contribution is 6.33. The van der Waals surface area contributed by atoms with Gasteiger partial charge in [-0.25, -0.2) is 0 Å². The molecule has 86 valence electrons. The highest BCUT2D eigenvalue weighted by Crippen LogP contribution is 2.22. The van der Waals surface area contributed by atoms with Crippen LogP contribution in [0.15, 0.2) is 29.0 Å². The van der Waals surface area contributed by atoms with Crippen LogP contribution < -0.4 is 5.32 Å². The Morgan fingerprint density at radius 2 is 2.35 bits per heavy atom. The topological polar surface area (TPSA) is 74.7 Å². The van der Waals surface area contributed by atoms with Gasteiger partial charge >= 0.3 is 0 Å². The Labute approximate surface area is 103 Å². The standard InChI is InChI=1S/C11H9ClN4O/c12-9-5-8(6-13)1-2-10(9)14-4-3-11-15-7-16-17-11/h1-2,5,7,14H,3-4H2. The van der Waals surface area contributed by atoms with Gasteiger partial charge in [0.1, 0.15) is 0 Å². The van der Waals surface area contributed by atoms with E-state index in [1.165, 1.54) is 6.33 Å². The normalized spacial score (nSPS) is 9.88. The van der Waals surface area contributed by atoms with Gasteiger partial charge in [-0.05, 0) is 18.2 Å². The first-order chi connectivity index (χ1) is 8.29. The van der Waals surface area contributed by atoms with Gasteiger partial charge in [0, 0.05) is 13.0 Å². The third kappa shape index (κ3) is 2.95. The molecule has 0 spiro atoms. The number of rotatable bonds is 4. The molecule has 6 heteroatoms. The lowest BCUT2D eigenvalue weighted by molar-refractivity contribution is 0.380. The Morgan fingerprint density at radius 1 is 1.47 bits per heavy atom. The van der Waals surface area contributed by atoms with Crippen molar-refractivity contribution in [2.45, 2.75) is 6.42 Å². The van der Waals surface area contributed by atoms with Crippen molar-refractivity contribution in [2.24, 2.45) is 0 Å². The van der Waals surface area contributed by atoms with Crippen LogP contribution in [0, 0.1) is 11.3 Å². The van der Waals surface area contributed by atoms with E-state index in [1.54, 1.807) is 18.2 Å². The molecule has 1 aromatic carbocycles. The van der Waals surface area contributed by atoms with E-state index in [1.807, 2.05) is 6.07 Å². The second kappa shape index (κ2) is 5.32. The Balaban J connectivity index is 1.93. The summed E-state index contributed by atoms with van der Waals surface area (Å²) >= 11 is 6.00. The SMILES string of the molecule is N#Cc1ccc(NCCc2ncno2)c(Cl)c1. The number of anilines is 1. The van der Waals surface area contributed by atoms with E-state index in [9.17, 15) is 0 Å². The summed E-state index contributed by atoms with van der Waals surface area (Å²) in [7, 11) is 0. The van der Waals surface area contributed by atoms with Crippen molar-refractivity contribution in [3.63, 3.8) is 0 Å². The van der Waals surface area contributed by atoms with Gasteiger partial charge in [0.2, 0.25) is 5.89 Å². The summed E-state index contributed by atoms with van der Waals surface area (Å²) < 4.78 is 4.86. The molecule has 0 fully saturated rings. The number of hydrogen-bond acceptors (Lipinski definition) is 5. The van der Waals surface area contributed by atoms with Crippen molar-refractivity contribution in [2.75, 3.05) is 11.9 Å². The van der Waals surface area contributed by atoms with Crippen molar-refractivity contribution in [3.05, 3.63) is 41.0 Å². The van der Waals surface area contributed by atoms with Crippen molar-refractivity contribution >= 4 is 17.3 Å². The molecule has 0 saturated carbocycles. The fraction of sp³-hybridized carbons (Fsp3) is 0.182. The van der Waals surface area contributed by atoms with Gasteiger partial charge in [0.05, 0.1) is 22.3 Å². The predicted molar refractivity (Wildman–Crippen MR) is 62.7 cm³/mol. The minimum atomic E-state index is 0.523. The summed E-state index contributed by atoms with van der Waals surface area (Å²) in [6.45, 7) is 0.633. The summed E-state index contributed by atoms with van der Waals surface area (Å²) in [5, 5.41) is 15.9. The van der Waals surface area contributed by atoms with E-state index in [-0.39, 0.29) is 0 Å². The molecular weight excluding hydrogens is 240 g/mol. The summed E-state index contributed by atoms with van der Waals surface area (Å²) in [4.78, 5) is 3.90. The minimum absolute atomic E-state index is 0.523. The van der Waals surface area contributed by atoms with Gasteiger partial charge in [-0.2, -0.15) is 10.2 Å². The van der Waals surface area contributed by atoms with E-state index in [0.717, 1.165) is 5.69 Å². The number of nitriles is 1. The fourth-order valence-corrected chi connectivity index (χ4v) is 1.59. The third-order valence-electron chi connectivity index (χ3n) is 2.16. The quantitative estimate of drug-likeness (QED) is 0.898. The molecule has 2 rings (SSSR count). The molecule has 0 aliphatic carbocycles. The molecule has 17 heavy (non-hydrogen) atoms. The molecule has 0 radical (unpaired) electrons. The molecule has 1 aromatic heterocycles. The van der Waals surface area contributed by atoms with Gasteiger partial charge in [0.15, 0.2) is 6.33 Å². The second-order valence-corrected chi connectivity index (χ2v) is 3.73. The Bertz CT molecular complexity index is 533. The van der Waals surface area contributed by atoms with Crippen molar-refractivity contribution in [1.82, 2.24) is 10.1 Å². The highest BCUT2D eigenvalue weighted by Gasteiger charge is 2.03. The Kier molecular flexibility index (Phi) is 3.58. The zero-order chi connectivity index (χ0) is 12.1. The number of benzene rings is 1. The monoisotopic (exact) mass is 248 g/mol. The maximum atomic E-state index is 8.70. The molecule has 0 saturated heterocycles. The third-order valence-corrected chi connectivity index (χ3v) is 2.47. The largest absolute Gasteiger partial charge is 0.383 e. The second-order valence-electron chi connectivity index (χ2n) is 3.32. The summed E-state index contributed by atoms with van der Waals surface area (Å²) in [5.41, 5.74) is 1.32. The van der Waals surface area contributed by atoms with Crippen molar-refractivity contribution < 1.29 is 4.52 Å². The van der Waals surface area contributed by atoms with E-state index < -0.39 is 0 Å². The van der Waals surface area contributed by atoms with Crippen LogP contribution in [-0.4, -0.2) is 16.7 Å². The van der Waals surface area contributed by atoms with Crippen LogP contribution in [0.4, 0.5) is 5.69 Å². The van der Waals surface area contributed by atoms with E-state index in [2.05, 4.69) is 15.5 Å². The molecule has 0 aliphatic heterocycles. The first-order valence-corrected chi connectivity index (χ1v) is 5.36. The van der Waals surface area contributed by atoms with Gasteiger partial charge in [-0.15, -0.1) is 0 Å². The van der Waals surface area contributed by atoms with Crippen LogP contribution in [0.25, 0.3) is 0 Å². The molecule has 0 aliphatic rings. The molecule has 1 heterocycles. The van der Waals surface area contributed by atoms with Crippen molar-refractivity contribution in [1.29, 1.82) is 5.26 Å². The van der Waals surface area contributed by atoms with Crippen molar-refractivity contribution in [3.8, 4) is 6.07 Å². The van der Waals surface area contributed by atoms with Gasteiger partial charge in [-0.3, -0.25) is 0 Å². The van der Waals surface area contributed by atoms with E-state index in [4.69, 9.17) is 21.4 Å². The average molecular weight is 249 g/mol. The lowest BCUT2D eigenvalue weighted by Gasteiger charge is -2.06. The number of nitrogens with zero attached hydrogens (tertiary/aromatic N) is 3. The molecule has 0 unspecified atom stereocenters. The van der Waals surface area contributed by atoms with Crippen LogP contribution in [-0.2, 0) is 6.42 Å². The predicted octanol–water partition coefficient (Wildman–Crippen LogP) is 2.25. The lowest BCUT2D eigenvalue weighted by atomic mass is 10.2. The fourth-order valence-electron chi connectivity index (χ4n) is 1.34. The maximum absolute atomic E-state index is 8.70. The average Bonchev–Trinajstić information content (AvgIpc) is 2.84. The molecular formula is C11H9ClN4O. The number of halogens is 1. The summed E-state index contributed by atoms with van der Waals surface area (Å²) in [6.07, 6.45) is 1.99. The van der Waals surface area contributed by atoms with Gasteiger partial charge < -0.3 is 9.84 Å². The molecule has 5 nitrogen and oxygen atoms in total. The van der Waals surface area contributed by atoms with Gasteiger partial charge in [-0.1, -0.05) is 16.8 Å². The molecule has 0 atom stereocenters. The lowest BCUT2D eigenvalue weighted by Crippen LogP contribution is -2.05. The summed E-state index contributed by atoms with van der Waals surface area (Å²) in [5.74, 6) is 0.572. The Morgan fingerprint density at radius 3 is 3.00 bits per heavy atom. The van der Waals surface area contributed by atoms with Crippen LogP contribution in [0.5, 0.6) is 0 Å². The first kappa shape index (κ1) is 11.4. The van der Waals surface area contributed by atoms with Crippen LogP contribution in [0.1, 0.15) is 11.5 Å². The zero-order valence-corrected chi connectivity index (χ0v) is 9.61. The summed E-state index contributed by atoms with van der Waals surface area (Å²) in [6, 6.07) is 7.13. The smallest absolute Gasteiger partial charge is 0.228 e. The van der Waals surface area contributed by atoms with Crippen LogP contribution >= 0.6 is 11.6 Å². The molecule has 0 amide bonds. The molecule has 0 bridgehead atoms. The number of aromatic nitrogens is 2. The first-order valence-electron chi connectivity index (χ1n) is 4.98. The van der Waals surface area contributed by atoms with E-state index >= 15 is 0 Å².